The second-order valence-corrected chi connectivity index (χ2v) is 19.5. The summed E-state index contributed by atoms with van der Waals surface area (Å²) in [6.07, 6.45) is 0. The summed E-state index contributed by atoms with van der Waals surface area (Å²) in [6, 6.07) is 35.0. The molecular weight excluding hydrogens is 1080 g/mol. The summed E-state index contributed by atoms with van der Waals surface area (Å²) in [5.74, 6) is -1.34. The summed E-state index contributed by atoms with van der Waals surface area (Å²) in [5, 5.41) is 58.4. The summed E-state index contributed by atoms with van der Waals surface area (Å²) in [4.78, 5) is 16.1. The molecule has 0 aliphatic rings. The van der Waals surface area contributed by atoms with Crippen LogP contribution in [0.1, 0.15) is 40.9 Å². The third kappa shape index (κ3) is 14.0. The maximum atomic E-state index is 13.4. The first-order valence-electron chi connectivity index (χ1n) is 22.1. The first-order chi connectivity index (χ1) is 35.2. The van der Waals surface area contributed by atoms with Gasteiger partial charge in [0.25, 0.3) is 26.1 Å². The molecule has 0 bridgehead atoms. The van der Waals surface area contributed by atoms with Crippen molar-refractivity contribution in [3.05, 3.63) is 166 Å². The molecule has 0 spiro atoms. The van der Waals surface area contributed by atoms with E-state index in [1.165, 1.54) is 24.3 Å². The predicted molar refractivity (Wildman–Crippen MR) is 284 cm³/mol. The number of phenols is 1. The number of azo groups is 2. The van der Waals surface area contributed by atoms with Gasteiger partial charge in [-0.1, -0.05) is 89.6 Å². The Morgan fingerprint density at radius 1 is 0.627 bits per heavy atom. The van der Waals surface area contributed by atoms with Gasteiger partial charge < -0.3 is 30.1 Å². The van der Waals surface area contributed by atoms with Crippen LogP contribution in [0.5, 0.6) is 23.0 Å². The molecule has 4 N–H and O–H groups in total. The van der Waals surface area contributed by atoms with E-state index in [2.05, 4.69) is 30.8 Å². The van der Waals surface area contributed by atoms with Crippen LogP contribution in [0.25, 0.3) is 21.5 Å². The Morgan fingerprint density at radius 2 is 1.11 bits per heavy atom. The fraction of sp³-hybridized carbons (Fsp3) is 0.115. The number of anilines is 1. The molecule has 0 saturated carbocycles. The molecule has 0 atom stereocenters. The van der Waals surface area contributed by atoms with Gasteiger partial charge in [-0.05, 0) is 122 Å². The number of nitrogens with one attached hydrogen (secondary N) is 1. The fourth-order valence-electron chi connectivity index (χ4n) is 7.28. The number of carbonyl (C=O) groups excluding carboxylic acids is 1. The molecule has 0 radical (unpaired) electrons. The van der Waals surface area contributed by atoms with E-state index in [0.29, 0.717) is 68.8 Å². The molecule has 8 aromatic carbocycles. The topological polar surface area (TPSA) is 284 Å². The van der Waals surface area contributed by atoms with Crippen molar-refractivity contribution in [3.63, 3.8) is 0 Å². The van der Waals surface area contributed by atoms with Crippen LogP contribution in [0, 0.1) is 13.8 Å². The monoisotopic (exact) mass is 1120 g/mol. The smallest absolute Gasteiger partial charge is 0.871 e. The molecular formula is C52H42CaCl2N6O12S2. The average Bonchev–Trinajstić information content (AvgIpc) is 3.34. The molecule has 8 aromatic rings. The van der Waals surface area contributed by atoms with E-state index in [1.54, 1.807) is 111 Å². The quantitative estimate of drug-likeness (QED) is 0.0260. The van der Waals surface area contributed by atoms with E-state index in [4.69, 9.17) is 32.7 Å². The van der Waals surface area contributed by atoms with Gasteiger partial charge in [-0.25, -0.2) is 0 Å². The number of aromatic hydroxyl groups is 1. The van der Waals surface area contributed by atoms with Crippen LogP contribution >= 0.6 is 23.2 Å². The first-order valence-corrected chi connectivity index (χ1v) is 25.7. The van der Waals surface area contributed by atoms with E-state index < -0.39 is 53.3 Å². The molecule has 0 aliphatic carbocycles. The number of ether oxygens (including phenoxy) is 2. The molecule has 0 saturated heterocycles. The number of benzene rings is 8. The van der Waals surface area contributed by atoms with Gasteiger partial charge in [-0.3, -0.25) is 18.9 Å². The second kappa shape index (κ2) is 24.7. The number of carbonyl (C=O) groups is 1. The number of nitrogens with zero attached hydrogens (tertiary/aromatic N) is 5. The molecule has 0 heterocycles. The molecule has 1 amide bonds. The minimum atomic E-state index is -4.61. The molecule has 0 unspecified atom stereocenters. The molecule has 23 heteroatoms. The Hall–Kier alpha value is -6.72. The summed E-state index contributed by atoms with van der Waals surface area (Å²) in [5.41, 5.74) is 1.53. The third-order valence-electron chi connectivity index (χ3n) is 10.8. The number of phenolic OH excluding ortho intramolecular Hbond substituents is 1. The van der Waals surface area contributed by atoms with Gasteiger partial charge in [0.05, 0.1) is 51.6 Å². The van der Waals surface area contributed by atoms with Crippen LogP contribution in [0.15, 0.2) is 169 Å². The van der Waals surface area contributed by atoms with Crippen LogP contribution in [-0.4, -0.2) is 93.8 Å². The van der Waals surface area contributed by atoms with Crippen LogP contribution in [-0.2, 0) is 20.2 Å². The number of hydrogen-bond donors (Lipinski definition) is 4. The standard InChI is InChI=1S/2C26H22ClN3O6S.Ca/c2*1-3-36-18-9-6-8-17(13-18)28-26(32)20-12-16-7-4-5-10-19(16)24(25(20)31)30-29-22-14-23(37(33,34)35)21(27)11-15(22)2;/h2*4-14,31H,3H2,1-2H3,(H,28,32)(H,33,34,35);/q;;+2/p-2. The molecule has 8 rings (SSSR count). The Bertz CT molecular complexity index is 3830. The normalized spacial score (nSPS) is 11.9. The Morgan fingerprint density at radius 3 is 1.64 bits per heavy atom. The molecule has 0 aliphatic heterocycles. The summed E-state index contributed by atoms with van der Waals surface area (Å²) in [6.45, 7) is 7.84. The van der Waals surface area contributed by atoms with Crippen molar-refractivity contribution in [2.75, 3.05) is 18.5 Å². The zero-order valence-electron chi connectivity index (χ0n) is 40.1. The number of aryl methyl sites for hydroxylation is 2. The number of aliphatic imine (C=N–C) groups is 1. The van der Waals surface area contributed by atoms with Gasteiger partial charge in [-0.2, -0.15) is 32.2 Å². The third-order valence-corrected chi connectivity index (χ3v) is 13.4. The number of fused-ring (bicyclic) bond motifs is 2. The van der Waals surface area contributed by atoms with Crippen molar-refractivity contribution in [2.24, 2.45) is 25.4 Å². The van der Waals surface area contributed by atoms with E-state index in [-0.39, 0.29) is 81.7 Å². The van der Waals surface area contributed by atoms with Crippen molar-refractivity contribution in [1.82, 2.24) is 0 Å². The molecule has 0 aromatic heterocycles. The SMILES string of the molecule is CCOc1cccc(N=C([O-])c2cc3ccccc3c(N=Nc3cc(S(=O)(=O)O)c(Cl)cc3C)c2[O-])c1.CCOc1cccc(NC(=O)c2cc3ccccc3c(N=Nc3cc(S(=O)(=O)O)c(Cl)cc3C)c2O)c1.[Ca+2]. The van der Waals surface area contributed by atoms with Crippen molar-refractivity contribution >= 4 is 149 Å². The summed E-state index contributed by atoms with van der Waals surface area (Å²) in [7, 11) is -9.21. The van der Waals surface area contributed by atoms with E-state index >= 15 is 0 Å². The second-order valence-electron chi connectivity index (χ2n) is 15.9. The number of rotatable bonds is 14. The maximum Gasteiger partial charge on any atom is 2.00 e. The van der Waals surface area contributed by atoms with E-state index in [1.807, 2.05) is 13.8 Å². The number of amides is 1. The summed E-state index contributed by atoms with van der Waals surface area (Å²) < 4.78 is 76.4. The average molecular weight is 1120 g/mol. The van der Waals surface area contributed by atoms with E-state index in [9.17, 15) is 46.1 Å². The van der Waals surface area contributed by atoms with E-state index in [0.717, 1.165) is 12.1 Å². The van der Waals surface area contributed by atoms with Gasteiger partial charge in [0, 0.05) is 28.6 Å². The van der Waals surface area contributed by atoms with Crippen molar-refractivity contribution in [1.29, 1.82) is 0 Å². The Balaban J connectivity index is 0.000000241. The van der Waals surface area contributed by atoms with Crippen molar-refractivity contribution < 1.29 is 55.5 Å². The van der Waals surface area contributed by atoms with Gasteiger partial charge in [0.2, 0.25) is 0 Å². The van der Waals surface area contributed by atoms with Gasteiger partial charge in [0.15, 0.2) is 5.75 Å². The Labute approximate surface area is 470 Å². The van der Waals surface area contributed by atoms with Gasteiger partial charge in [-0.15, -0.1) is 5.11 Å². The largest absolute Gasteiger partial charge is 2.00 e. The van der Waals surface area contributed by atoms with Crippen LogP contribution < -0.4 is 25.0 Å². The zero-order chi connectivity index (χ0) is 53.5. The van der Waals surface area contributed by atoms with Crippen LogP contribution in [0.3, 0.4) is 0 Å². The maximum absolute atomic E-state index is 13.4. The summed E-state index contributed by atoms with van der Waals surface area (Å²) >= 11 is 11.9. The Kier molecular flexibility index (Phi) is 19.0. The van der Waals surface area contributed by atoms with Crippen molar-refractivity contribution in [3.8, 4) is 23.0 Å². The number of halogens is 2. The molecule has 18 nitrogen and oxygen atoms in total. The zero-order valence-corrected chi connectivity index (χ0v) is 45.5. The van der Waals surface area contributed by atoms with Gasteiger partial charge >= 0.3 is 37.7 Å². The van der Waals surface area contributed by atoms with Crippen molar-refractivity contribution in [2.45, 2.75) is 37.5 Å². The van der Waals surface area contributed by atoms with Gasteiger partial charge in [0.1, 0.15) is 27.0 Å². The molecule has 0 fully saturated rings. The predicted octanol–water partition coefficient (Wildman–Crippen LogP) is 11.8. The minimum absolute atomic E-state index is 0. The molecule has 380 valence electrons. The minimum Gasteiger partial charge on any atom is -0.871 e. The molecule has 75 heavy (non-hydrogen) atoms. The van der Waals surface area contributed by atoms with Crippen LogP contribution in [0.4, 0.5) is 34.1 Å². The fourth-order valence-corrected chi connectivity index (χ4v) is 9.43. The van der Waals surface area contributed by atoms with Crippen LogP contribution in [0.2, 0.25) is 10.0 Å². The first kappa shape index (κ1) is 57.6. The number of hydrogen-bond acceptors (Lipinski definition) is 15.